The molecule has 1 unspecified atom stereocenters. The van der Waals surface area contributed by atoms with Gasteiger partial charge in [0.2, 0.25) is 0 Å². The highest BCUT2D eigenvalue weighted by Gasteiger charge is 1.79. The van der Waals surface area contributed by atoms with Crippen molar-refractivity contribution in [2.24, 2.45) is 5.73 Å². The lowest BCUT2D eigenvalue weighted by molar-refractivity contribution is 0.535. The van der Waals surface area contributed by atoms with Gasteiger partial charge in [0.1, 0.15) is 0 Å². The largest absolute Gasteiger partial charge is 0.772 e. The molecular formula is C3H8NO2S-. The van der Waals surface area contributed by atoms with Crippen molar-refractivity contribution in [2.45, 2.75) is 6.42 Å². The van der Waals surface area contributed by atoms with Gasteiger partial charge in [-0.25, -0.2) is 0 Å². The highest BCUT2D eigenvalue weighted by Crippen LogP contribution is 1.76. The van der Waals surface area contributed by atoms with E-state index in [1.165, 1.54) is 0 Å². The lowest BCUT2D eigenvalue weighted by Gasteiger charge is -1.99. The third-order valence-corrected chi connectivity index (χ3v) is 1.14. The summed E-state index contributed by atoms with van der Waals surface area (Å²) in [6, 6.07) is 0. The fourth-order valence-corrected chi connectivity index (χ4v) is 0.604. The molecule has 0 aromatic rings. The molecule has 0 aromatic carbocycles. The van der Waals surface area contributed by atoms with Crippen molar-refractivity contribution in [2.75, 3.05) is 12.3 Å². The molecule has 0 amide bonds. The lowest BCUT2D eigenvalue weighted by atomic mass is 10.5. The SMILES string of the molecule is NCCCS(=O)[O-]. The van der Waals surface area contributed by atoms with Gasteiger partial charge in [0.15, 0.2) is 0 Å². The van der Waals surface area contributed by atoms with Crippen molar-refractivity contribution in [3.8, 4) is 0 Å². The Morgan fingerprint density at radius 3 is 2.43 bits per heavy atom. The van der Waals surface area contributed by atoms with Crippen LogP contribution >= 0.6 is 0 Å². The molecule has 0 aliphatic heterocycles. The van der Waals surface area contributed by atoms with Crippen LogP contribution in [0.15, 0.2) is 0 Å². The summed E-state index contributed by atoms with van der Waals surface area (Å²) in [5.41, 5.74) is 5.00. The summed E-state index contributed by atoms with van der Waals surface area (Å²) >= 11 is -1.90. The average Bonchev–Trinajstić information content (AvgIpc) is 1.61. The predicted octanol–water partition coefficient (Wildman–Crippen LogP) is -0.786. The van der Waals surface area contributed by atoms with Gasteiger partial charge in [0.05, 0.1) is 0 Å². The topological polar surface area (TPSA) is 66.2 Å². The maximum atomic E-state index is 9.70. The van der Waals surface area contributed by atoms with E-state index in [-0.39, 0.29) is 5.75 Å². The van der Waals surface area contributed by atoms with E-state index >= 15 is 0 Å². The molecule has 0 bridgehead atoms. The van der Waals surface area contributed by atoms with Crippen molar-refractivity contribution >= 4 is 11.1 Å². The molecule has 0 radical (unpaired) electrons. The zero-order valence-electron chi connectivity index (χ0n) is 3.92. The van der Waals surface area contributed by atoms with E-state index in [4.69, 9.17) is 5.73 Å². The monoisotopic (exact) mass is 122 g/mol. The standard InChI is InChI=1S/C3H9NO2S/c4-2-1-3-7(5)6/h1-4H2,(H,5,6)/p-1. The van der Waals surface area contributed by atoms with E-state index in [1.807, 2.05) is 0 Å². The summed E-state index contributed by atoms with van der Waals surface area (Å²) < 4.78 is 19.4. The van der Waals surface area contributed by atoms with Gasteiger partial charge in [0, 0.05) is 5.75 Å². The Morgan fingerprint density at radius 2 is 2.29 bits per heavy atom. The minimum absolute atomic E-state index is 0.191. The first kappa shape index (κ1) is 7.07. The molecule has 4 heteroatoms. The Morgan fingerprint density at radius 1 is 1.71 bits per heavy atom. The van der Waals surface area contributed by atoms with Gasteiger partial charge in [-0.1, -0.05) is 11.1 Å². The van der Waals surface area contributed by atoms with Gasteiger partial charge < -0.3 is 10.3 Å². The van der Waals surface area contributed by atoms with Gasteiger partial charge >= 0.3 is 0 Å². The van der Waals surface area contributed by atoms with Crippen molar-refractivity contribution in [3.63, 3.8) is 0 Å². The van der Waals surface area contributed by atoms with E-state index in [2.05, 4.69) is 0 Å². The first-order chi connectivity index (χ1) is 3.27. The van der Waals surface area contributed by atoms with Gasteiger partial charge in [-0.3, -0.25) is 4.21 Å². The molecule has 0 fully saturated rings. The maximum absolute atomic E-state index is 9.70. The van der Waals surface area contributed by atoms with Crippen molar-refractivity contribution < 1.29 is 8.76 Å². The van der Waals surface area contributed by atoms with Gasteiger partial charge in [-0.05, 0) is 13.0 Å². The van der Waals surface area contributed by atoms with Gasteiger partial charge in [0.25, 0.3) is 0 Å². The second kappa shape index (κ2) is 4.23. The van der Waals surface area contributed by atoms with Crippen molar-refractivity contribution in [3.05, 3.63) is 0 Å². The van der Waals surface area contributed by atoms with Crippen molar-refractivity contribution in [1.29, 1.82) is 0 Å². The van der Waals surface area contributed by atoms with Crippen LogP contribution in [0.4, 0.5) is 0 Å². The van der Waals surface area contributed by atoms with Crippen LogP contribution in [0.5, 0.6) is 0 Å². The Balaban J connectivity index is 2.82. The molecule has 0 saturated carbocycles. The van der Waals surface area contributed by atoms with Gasteiger partial charge in [-0.15, -0.1) is 0 Å². The summed E-state index contributed by atoms with van der Waals surface area (Å²) in [5.74, 6) is 0.191. The quantitative estimate of drug-likeness (QED) is 0.499. The van der Waals surface area contributed by atoms with Crippen LogP contribution in [0.1, 0.15) is 6.42 Å². The Bertz CT molecular complexity index is 66.0. The smallest absolute Gasteiger partial charge is 0.0114 e. The molecule has 0 rings (SSSR count). The van der Waals surface area contributed by atoms with Crippen LogP contribution < -0.4 is 5.73 Å². The zero-order valence-corrected chi connectivity index (χ0v) is 4.74. The van der Waals surface area contributed by atoms with E-state index in [1.54, 1.807) is 0 Å². The molecule has 0 aromatic heterocycles. The Kier molecular flexibility index (Phi) is 4.28. The Labute approximate surface area is 45.2 Å². The second-order valence-corrected chi connectivity index (χ2v) is 2.17. The normalized spacial score (nSPS) is 14.0. The number of nitrogens with two attached hydrogens (primary N) is 1. The summed E-state index contributed by atoms with van der Waals surface area (Å²) in [6.07, 6.45) is 0.566. The minimum atomic E-state index is -1.90. The van der Waals surface area contributed by atoms with Gasteiger partial charge in [-0.2, -0.15) is 0 Å². The molecule has 0 heterocycles. The van der Waals surface area contributed by atoms with Crippen LogP contribution in [0.25, 0.3) is 0 Å². The Hall–Kier alpha value is 0.0700. The van der Waals surface area contributed by atoms with Crippen molar-refractivity contribution in [1.82, 2.24) is 0 Å². The van der Waals surface area contributed by atoms with E-state index in [9.17, 15) is 8.76 Å². The zero-order chi connectivity index (χ0) is 5.70. The lowest BCUT2D eigenvalue weighted by Crippen LogP contribution is -2.04. The van der Waals surface area contributed by atoms with Crippen LogP contribution in [-0.4, -0.2) is 21.1 Å². The number of hydrogen-bond acceptors (Lipinski definition) is 3. The van der Waals surface area contributed by atoms with Crippen LogP contribution in [0.3, 0.4) is 0 Å². The summed E-state index contributed by atoms with van der Waals surface area (Å²) in [4.78, 5) is 0. The van der Waals surface area contributed by atoms with E-state index in [0.29, 0.717) is 13.0 Å². The van der Waals surface area contributed by atoms with Crippen LogP contribution in [0.2, 0.25) is 0 Å². The summed E-state index contributed by atoms with van der Waals surface area (Å²) in [6.45, 7) is 0.452. The maximum Gasteiger partial charge on any atom is 0.0114 e. The van der Waals surface area contributed by atoms with E-state index in [0.717, 1.165) is 0 Å². The molecular weight excluding hydrogens is 114 g/mol. The van der Waals surface area contributed by atoms with Crippen LogP contribution in [-0.2, 0) is 11.1 Å². The minimum Gasteiger partial charge on any atom is -0.772 e. The fourth-order valence-electron chi connectivity index (χ4n) is 0.201. The molecule has 0 aliphatic carbocycles. The molecule has 44 valence electrons. The predicted molar refractivity (Wildman–Crippen MR) is 27.5 cm³/mol. The fraction of sp³-hybridized carbons (Fsp3) is 1.00. The number of rotatable bonds is 3. The average molecular weight is 122 g/mol. The van der Waals surface area contributed by atoms with E-state index < -0.39 is 11.1 Å². The third-order valence-electron chi connectivity index (χ3n) is 0.515. The third kappa shape index (κ3) is 6.07. The highest BCUT2D eigenvalue weighted by molar-refractivity contribution is 7.79. The molecule has 0 aliphatic rings. The molecule has 3 nitrogen and oxygen atoms in total. The summed E-state index contributed by atoms with van der Waals surface area (Å²) in [5, 5.41) is 0. The van der Waals surface area contributed by atoms with Crippen LogP contribution in [0, 0.1) is 0 Å². The highest BCUT2D eigenvalue weighted by atomic mass is 32.2. The second-order valence-electron chi connectivity index (χ2n) is 1.15. The number of hydrogen-bond donors (Lipinski definition) is 1. The molecule has 0 saturated heterocycles. The molecule has 2 N–H and O–H groups in total. The molecule has 7 heavy (non-hydrogen) atoms. The summed E-state index contributed by atoms with van der Waals surface area (Å²) in [7, 11) is 0. The first-order valence-corrected chi connectivity index (χ1v) is 3.27. The first-order valence-electron chi connectivity index (χ1n) is 2.03. The molecule has 0 spiro atoms. The molecule has 1 atom stereocenters.